The van der Waals surface area contributed by atoms with Crippen LogP contribution in [0.1, 0.15) is 28.9 Å². The van der Waals surface area contributed by atoms with Crippen LogP contribution in [0.2, 0.25) is 0 Å². The third-order valence-electron chi connectivity index (χ3n) is 4.51. The molecule has 8 nitrogen and oxygen atoms in total. The first-order valence-corrected chi connectivity index (χ1v) is 8.15. The molecule has 1 amide bonds. The number of likely N-dealkylation sites (tertiary alicyclic amines) is 1. The second kappa shape index (κ2) is 5.75. The maximum Gasteiger partial charge on any atom is 0.276 e. The highest BCUT2D eigenvalue weighted by atomic mass is 19.3. The van der Waals surface area contributed by atoms with Gasteiger partial charge in [-0.05, 0) is 25.5 Å². The molecular weight excluding hydrogens is 346 g/mol. The number of nitrogens with zero attached hydrogens (tertiary/aromatic N) is 5. The van der Waals surface area contributed by atoms with E-state index in [0.717, 1.165) is 4.90 Å². The van der Waals surface area contributed by atoms with Crippen LogP contribution < -0.4 is 5.56 Å². The van der Waals surface area contributed by atoms with Gasteiger partial charge in [-0.25, -0.2) is 18.0 Å². The number of hydrogen-bond acceptors (Lipinski definition) is 4. The van der Waals surface area contributed by atoms with Crippen molar-refractivity contribution in [2.45, 2.75) is 25.7 Å². The van der Waals surface area contributed by atoms with Gasteiger partial charge in [-0.1, -0.05) is 0 Å². The summed E-state index contributed by atoms with van der Waals surface area (Å²) in [6, 6.07) is 3.31. The van der Waals surface area contributed by atoms with Crippen molar-refractivity contribution in [2.75, 3.05) is 13.1 Å². The maximum atomic E-state index is 13.6. The van der Waals surface area contributed by atoms with Gasteiger partial charge in [-0.15, -0.1) is 5.10 Å². The first-order valence-electron chi connectivity index (χ1n) is 8.15. The number of rotatable bonds is 2. The molecule has 0 bridgehead atoms. The van der Waals surface area contributed by atoms with Crippen LogP contribution in [0.15, 0.2) is 29.3 Å². The summed E-state index contributed by atoms with van der Waals surface area (Å²) in [6.45, 7) is 1.31. The second-order valence-electron chi connectivity index (χ2n) is 6.36. The Morgan fingerprint density at radius 3 is 2.96 bits per heavy atom. The van der Waals surface area contributed by atoms with E-state index >= 15 is 0 Å². The van der Waals surface area contributed by atoms with Crippen LogP contribution in [-0.4, -0.2) is 54.2 Å². The lowest BCUT2D eigenvalue weighted by molar-refractivity contribution is -0.0560. The fraction of sp³-hybridized carbons (Fsp3) is 0.375. The first-order chi connectivity index (χ1) is 12.4. The molecule has 3 aromatic rings. The zero-order chi connectivity index (χ0) is 18.5. The molecule has 4 heterocycles. The van der Waals surface area contributed by atoms with E-state index in [-0.39, 0.29) is 36.5 Å². The molecule has 3 aromatic heterocycles. The summed E-state index contributed by atoms with van der Waals surface area (Å²) >= 11 is 0. The number of hydrogen-bond donors (Lipinski definition) is 1. The van der Waals surface area contributed by atoms with Gasteiger partial charge in [-0.2, -0.15) is 5.10 Å². The van der Waals surface area contributed by atoms with Crippen LogP contribution >= 0.6 is 0 Å². The van der Waals surface area contributed by atoms with Crippen molar-refractivity contribution in [1.82, 2.24) is 29.3 Å². The number of carbonyl (C=O) groups is 1. The molecule has 10 heteroatoms. The molecule has 1 saturated heterocycles. The van der Waals surface area contributed by atoms with E-state index in [4.69, 9.17) is 0 Å². The first kappa shape index (κ1) is 16.4. The molecule has 0 saturated carbocycles. The Bertz CT molecular complexity index is 1050. The fourth-order valence-electron chi connectivity index (χ4n) is 3.17. The minimum Gasteiger partial charge on any atom is -0.333 e. The van der Waals surface area contributed by atoms with E-state index in [1.807, 2.05) is 0 Å². The van der Waals surface area contributed by atoms with Gasteiger partial charge in [-0.3, -0.25) is 14.6 Å². The average molecular weight is 362 g/mol. The lowest BCUT2D eigenvalue weighted by Gasteiger charge is -2.32. The summed E-state index contributed by atoms with van der Waals surface area (Å²) in [5, 5.41) is 8.36. The normalized spacial score (nSPS) is 17.0. The minimum absolute atomic E-state index is 0.138. The number of amides is 1. The number of halogens is 2. The van der Waals surface area contributed by atoms with Crippen LogP contribution in [0.25, 0.3) is 11.5 Å². The highest BCUT2D eigenvalue weighted by Gasteiger charge is 2.38. The Labute approximate surface area is 146 Å². The van der Waals surface area contributed by atoms with Gasteiger partial charge < -0.3 is 4.90 Å². The SMILES string of the molecule is Cc1c(C(=O)N2CCCC(F)(F)C2)cnn1-c1nn2cccc2c(=O)[nH]1. The molecule has 0 aliphatic carbocycles. The predicted octanol–water partition coefficient (Wildman–Crippen LogP) is 1.39. The van der Waals surface area contributed by atoms with E-state index in [9.17, 15) is 18.4 Å². The Kier molecular flexibility index (Phi) is 3.63. The molecule has 26 heavy (non-hydrogen) atoms. The van der Waals surface area contributed by atoms with Crippen molar-refractivity contribution in [3.8, 4) is 5.95 Å². The second-order valence-corrected chi connectivity index (χ2v) is 6.36. The lowest BCUT2D eigenvalue weighted by atomic mass is 10.1. The highest BCUT2D eigenvalue weighted by molar-refractivity contribution is 5.95. The lowest BCUT2D eigenvalue weighted by Crippen LogP contribution is -2.45. The van der Waals surface area contributed by atoms with Crippen LogP contribution in [0.5, 0.6) is 0 Å². The Morgan fingerprint density at radius 1 is 1.38 bits per heavy atom. The number of nitrogens with one attached hydrogen (secondary N) is 1. The van der Waals surface area contributed by atoms with Crippen molar-refractivity contribution in [2.24, 2.45) is 0 Å². The van der Waals surface area contributed by atoms with Gasteiger partial charge in [0.25, 0.3) is 17.4 Å². The van der Waals surface area contributed by atoms with Crippen molar-refractivity contribution in [3.05, 3.63) is 46.1 Å². The quantitative estimate of drug-likeness (QED) is 0.746. The molecule has 1 aliphatic heterocycles. The van der Waals surface area contributed by atoms with Crippen LogP contribution in [0.4, 0.5) is 8.78 Å². The highest BCUT2D eigenvalue weighted by Crippen LogP contribution is 2.28. The molecule has 136 valence electrons. The maximum absolute atomic E-state index is 13.6. The molecule has 1 N–H and O–H groups in total. The summed E-state index contributed by atoms with van der Waals surface area (Å²) in [5.74, 6) is -3.24. The van der Waals surface area contributed by atoms with Crippen LogP contribution in [-0.2, 0) is 0 Å². The summed E-state index contributed by atoms with van der Waals surface area (Å²) in [5.41, 5.74) is 0.653. The van der Waals surface area contributed by atoms with Gasteiger partial charge >= 0.3 is 0 Å². The Morgan fingerprint density at radius 2 is 2.19 bits per heavy atom. The number of aromatic nitrogens is 5. The van der Waals surface area contributed by atoms with Crippen molar-refractivity contribution < 1.29 is 13.6 Å². The standard InChI is InChI=1S/C16H16F2N6O2/c1-10-11(14(26)22-6-3-5-16(17,18)9-22)8-19-24(10)15-20-13(25)12-4-2-7-23(12)21-15/h2,4,7-8H,3,5-6,9H2,1H3,(H,20,21,25). The van der Waals surface area contributed by atoms with Gasteiger partial charge in [0, 0.05) is 19.2 Å². The average Bonchev–Trinajstić information content (AvgIpc) is 3.20. The molecule has 0 atom stereocenters. The van der Waals surface area contributed by atoms with Gasteiger partial charge in [0.15, 0.2) is 0 Å². The topological polar surface area (TPSA) is 88.3 Å². The number of piperidine rings is 1. The molecular formula is C16H16F2N6O2. The largest absolute Gasteiger partial charge is 0.333 e. The summed E-state index contributed by atoms with van der Waals surface area (Å²) in [7, 11) is 0. The number of carbonyl (C=O) groups excluding carboxylic acids is 1. The Hall–Kier alpha value is -3.04. The molecule has 0 spiro atoms. The third-order valence-corrected chi connectivity index (χ3v) is 4.51. The molecule has 1 fully saturated rings. The third kappa shape index (κ3) is 2.67. The molecule has 0 radical (unpaired) electrons. The minimum atomic E-state index is -2.87. The monoisotopic (exact) mass is 362 g/mol. The number of alkyl halides is 2. The van der Waals surface area contributed by atoms with E-state index in [1.165, 1.54) is 15.4 Å². The zero-order valence-electron chi connectivity index (χ0n) is 13.9. The predicted molar refractivity (Wildman–Crippen MR) is 87.8 cm³/mol. The van der Waals surface area contributed by atoms with E-state index in [0.29, 0.717) is 11.2 Å². The molecule has 1 aliphatic rings. The van der Waals surface area contributed by atoms with E-state index in [1.54, 1.807) is 25.3 Å². The Balaban J connectivity index is 1.69. The number of fused-ring (bicyclic) bond motifs is 1. The van der Waals surface area contributed by atoms with Crippen molar-refractivity contribution in [1.29, 1.82) is 0 Å². The molecule has 0 aromatic carbocycles. The number of H-pyrrole nitrogens is 1. The summed E-state index contributed by atoms with van der Waals surface area (Å²) < 4.78 is 29.9. The fourth-order valence-corrected chi connectivity index (χ4v) is 3.17. The van der Waals surface area contributed by atoms with Gasteiger partial charge in [0.05, 0.1) is 24.0 Å². The van der Waals surface area contributed by atoms with Crippen molar-refractivity contribution >= 4 is 11.4 Å². The van der Waals surface area contributed by atoms with Gasteiger partial charge in [0.2, 0.25) is 5.95 Å². The molecule has 0 unspecified atom stereocenters. The smallest absolute Gasteiger partial charge is 0.276 e. The van der Waals surface area contributed by atoms with E-state index in [2.05, 4.69) is 15.2 Å². The zero-order valence-corrected chi connectivity index (χ0v) is 13.9. The van der Waals surface area contributed by atoms with Gasteiger partial charge in [0.1, 0.15) is 5.52 Å². The molecule has 4 rings (SSSR count). The number of aromatic amines is 1. The van der Waals surface area contributed by atoms with Crippen LogP contribution in [0, 0.1) is 6.92 Å². The van der Waals surface area contributed by atoms with Crippen LogP contribution in [0.3, 0.4) is 0 Å². The van der Waals surface area contributed by atoms with E-state index < -0.39 is 18.4 Å². The van der Waals surface area contributed by atoms with Crippen molar-refractivity contribution in [3.63, 3.8) is 0 Å². The summed E-state index contributed by atoms with van der Waals surface area (Å²) in [4.78, 5) is 28.5. The summed E-state index contributed by atoms with van der Waals surface area (Å²) in [6.07, 6.45) is 2.97.